The molecule has 7 heteroatoms. The molecule has 1 aliphatic rings. The normalized spacial score (nSPS) is 18.5. The molecule has 1 saturated heterocycles. The Kier molecular flexibility index (Phi) is 3.67. The van der Waals surface area contributed by atoms with E-state index in [-0.39, 0.29) is 5.41 Å². The lowest BCUT2D eigenvalue weighted by atomic mass is 9.93. The molecule has 1 N–H and O–H groups in total. The van der Waals surface area contributed by atoms with E-state index in [0.29, 0.717) is 13.2 Å². The molecule has 0 bridgehead atoms. The number of nitrogens with one attached hydrogen (secondary N) is 1. The highest BCUT2D eigenvalue weighted by Crippen LogP contribution is 2.26. The highest BCUT2D eigenvalue weighted by Gasteiger charge is 2.30. The van der Waals surface area contributed by atoms with Gasteiger partial charge in [0, 0.05) is 18.4 Å². The molecule has 2 aromatic rings. The Morgan fingerprint density at radius 3 is 2.71 bits per heavy atom. The Morgan fingerprint density at radius 1 is 1.38 bits per heavy atom. The Balaban J connectivity index is 1.61. The third-order valence-corrected chi connectivity index (χ3v) is 4.45. The van der Waals surface area contributed by atoms with Crippen molar-refractivity contribution in [1.29, 1.82) is 0 Å². The molecule has 3 heterocycles. The predicted molar refractivity (Wildman–Crippen MR) is 83.0 cm³/mol. The van der Waals surface area contributed by atoms with Crippen molar-refractivity contribution < 1.29 is 9.47 Å². The summed E-state index contributed by atoms with van der Waals surface area (Å²) >= 11 is 1.56. The first-order valence-corrected chi connectivity index (χ1v) is 8.06. The highest BCUT2D eigenvalue weighted by atomic mass is 32.1. The third kappa shape index (κ3) is 3.20. The maximum absolute atomic E-state index is 5.58. The van der Waals surface area contributed by atoms with E-state index in [1.165, 1.54) is 0 Å². The molecule has 0 radical (unpaired) electrons. The SMILES string of the molecule is CC1(CCNc2nn3cc(C(C)(C)C)nc3s2)OCCO1. The van der Waals surface area contributed by atoms with Crippen molar-refractivity contribution in [2.75, 3.05) is 25.1 Å². The van der Waals surface area contributed by atoms with Gasteiger partial charge in [-0.2, -0.15) is 0 Å². The number of aromatic nitrogens is 3. The second-order valence-electron chi connectivity index (χ2n) is 6.52. The lowest BCUT2D eigenvalue weighted by molar-refractivity contribution is -0.144. The van der Waals surface area contributed by atoms with E-state index >= 15 is 0 Å². The van der Waals surface area contributed by atoms with Gasteiger partial charge in [-0.05, 0) is 6.92 Å². The summed E-state index contributed by atoms with van der Waals surface area (Å²) in [5, 5.41) is 8.71. The highest BCUT2D eigenvalue weighted by molar-refractivity contribution is 7.20. The second kappa shape index (κ2) is 5.23. The number of nitrogens with zero attached hydrogens (tertiary/aromatic N) is 3. The van der Waals surface area contributed by atoms with Crippen molar-refractivity contribution in [2.45, 2.75) is 45.3 Å². The first-order chi connectivity index (χ1) is 9.86. The number of anilines is 1. The standard InChI is InChI=1S/C14H22N4O2S/c1-13(2,3)10-9-18-12(16-10)21-11(17-18)15-6-5-14(4)19-7-8-20-14/h9H,5-8H2,1-4H3,(H,15,17). The average Bonchev–Trinajstić information content (AvgIpc) is 3.02. The fraction of sp³-hybridized carbons (Fsp3) is 0.714. The first-order valence-electron chi connectivity index (χ1n) is 7.24. The summed E-state index contributed by atoms with van der Waals surface area (Å²) in [6.45, 7) is 10.6. The van der Waals surface area contributed by atoms with Crippen molar-refractivity contribution in [3.63, 3.8) is 0 Å². The topological polar surface area (TPSA) is 60.7 Å². The number of fused-ring (bicyclic) bond motifs is 1. The number of rotatable bonds is 4. The quantitative estimate of drug-likeness (QED) is 0.940. The summed E-state index contributed by atoms with van der Waals surface area (Å²) in [6, 6.07) is 0. The van der Waals surface area contributed by atoms with Gasteiger partial charge in [0.25, 0.3) is 0 Å². The predicted octanol–water partition coefficient (Wildman–Crippen LogP) is 2.65. The third-order valence-electron chi connectivity index (χ3n) is 3.57. The van der Waals surface area contributed by atoms with Gasteiger partial charge in [-0.1, -0.05) is 32.1 Å². The van der Waals surface area contributed by atoms with E-state index in [4.69, 9.17) is 9.47 Å². The number of imidazole rings is 1. The minimum atomic E-state index is -0.455. The molecule has 116 valence electrons. The molecule has 0 unspecified atom stereocenters. The van der Waals surface area contributed by atoms with Crippen molar-refractivity contribution in [3.05, 3.63) is 11.9 Å². The minimum absolute atomic E-state index is 0.0484. The van der Waals surface area contributed by atoms with Crippen LogP contribution in [0.15, 0.2) is 6.20 Å². The fourth-order valence-electron chi connectivity index (χ4n) is 2.23. The zero-order valence-electron chi connectivity index (χ0n) is 13.0. The number of hydrogen-bond donors (Lipinski definition) is 1. The van der Waals surface area contributed by atoms with Crippen molar-refractivity contribution in [3.8, 4) is 0 Å². The maximum atomic E-state index is 5.58. The van der Waals surface area contributed by atoms with Crippen LogP contribution >= 0.6 is 11.3 Å². The van der Waals surface area contributed by atoms with Gasteiger partial charge in [-0.3, -0.25) is 0 Å². The Bertz CT molecular complexity index is 591. The van der Waals surface area contributed by atoms with E-state index < -0.39 is 5.79 Å². The summed E-state index contributed by atoms with van der Waals surface area (Å²) in [7, 11) is 0. The van der Waals surface area contributed by atoms with E-state index in [1.54, 1.807) is 11.3 Å². The average molecular weight is 310 g/mol. The zero-order chi connectivity index (χ0) is 15.1. The Hall–Kier alpha value is -1.18. The van der Waals surface area contributed by atoms with E-state index in [0.717, 1.165) is 28.8 Å². The Labute approximate surface area is 128 Å². The summed E-state index contributed by atoms with van der Waals surface area (Å²) in [5.41, 5.74) is 1.11. The van der Waals surface area contributed by atoms with Crippen molar-refractivity contribution in [2.24, 2.45) is 0 Å². The van der Waals surface area contributed by atoms with Gasteiger partial charge in [-0.15, -0.1) is 5.10 Å². The van der Waals surface area contributed by atoms with Gasteiger partial charge in [-0.25, -0.2) is 9.50 Å². The molecular weight excluding hydrogens is 288 g/mol. The molecule has 1 aliphatic heterocycles. The smallest absolute Gasteiger partial charge is 0.214 e. The number of ether oxygens (including phenoxy) is 2. The maximum Gasteiger partial charge on any atom is 0.214 e. The molecule has 0 spiro atoms. The Morgan fingerprint density at radius 2 is 2.10 bits per heavy atom. The van der Waals surface area contributed by atoms with Gasteiger partial charge >= 0.3 is 0 Å². The van der Waals surface area contributed by atoms with Crippen LogP contribution in [0, 0.1) is 0 Å². The van der Waals surface area contributed by atoms with Gasteiger partial charge in [0.15, 0.2) is 5.79 Å². The summed E-state index contributed by atoms with van der Waals surface area (Å²) in [4.78, 5) is 5.55. The first kappa shape index (κ1) is 14.7. The van der Waals surface area contributed by atoms with Crippen LogP contribution in [-0.4, -0.2) is 40.1 Å². The molecule has 6 nitrogen and oxygen atoms in total. The zero-order valence-corrected chi connectivity index (χ0v) is 13.8. The monoisotopic (exact) mass is 310 g/mol. The molecule has 1 fully saturated rings. The van der Waals surface area contributed by atoms with E-state index in [9.17, 15) is 0 Å². The van der Waals surface area contributed by atoms with Crippen LogP contribution in [-0.2, 0) is 14.9 Å². The second-order valence-corrected chi connectivity index (χ2v) is 7.47. The summed E-state index contributed by atoms with van der Waals surface area (Å²) < 4.78 is 13.0. The molecule has 0 aliphatic carbocycles. The molecule has 0 amide bonds. The number of hydrogen-bond acceptors (Lipinski definition) is 6. The van der Waals surface area contributed by atoms with Gasteiger partial charge in [0.05, 0.1) is 25.1 Å². The lowest BCUT2D eigenvalue weighted by Gasteiger charge is -2.21. The summed E-state index contributed by atoms with van der Waals surface area (Å²) in [6.07, 6.45) is 2.80. The van der Waals surface area contributed by atoms with E-state index in [1.807, 2.05) is 17.6 Å². The molecule has 0 aromatic carbocycles. The van der Waals surface area contributed by atoms with Crippen molar-refractivity contribution >= 4 is 21.4 Å². The van der Waals surface area contributed by atoms with Gasteiger partial charge < -0.3 is 14.8 Å². The largest absolute Gasteiger partial charge is 0.360 e. The summed E-state index contributed by atoms with van der Waals surface area (Å²) in [5.74, 6) is -0.455. The van der Waals surface area contributed by atoms with Crippen LogP contribution in [0.5, 0.6) is 0 Å². The van der Waals surface area contributed by atoms with Crippen LogP contribution in [0.1, 0.15) is 39.8 Å². The van der Waals surface area contributed by atoms with Crippen LogP contribution in [0.4, 0.5) is 5.13 Å². The van der Waals surface area contributed by atoms with Crippen molar-refractivity contribution in [1.82, 2.24) is 14.6 Å². The van der Waals surface area contributed by atoms with Crippen LogP contribution in [0.25, 0.3) is 4.96 Å². The minimum Gasteiger partial charge on any atom is -0.360 e. The van der Waals surface area contributed by atoms with Gasteiger partial charge in [0.2, 0.25) is 10.1 Å². The van der Waals surface area contributed by atoms with Gasteiger partial charge in [0.1, 0.15) is 0 Å². The van der Waals surface area contributed by atoms with Crippen LogP contribution in [0.2, 0.25) is 0 Å². The van der Waals surface area contributed by atoms with Crippen LogP contribution < -0.4 is 5.32 Å². The fourth-order valence-corrected chi connectivity index (χ4v) is 3.04. The molecule has 21 heavy (non-hydrogen) atoms. The molecule has 0 atom stereocenters. The molecule has 2 aromatic heterocycles. The molecular formula is C14H22N4O2S. The van der Waals surface area contributed by atoms with E-state index in [2.05, 4.69) is 36.2 Å². The lowest BCUT2D eigenvalue weighted by Crippen LogP contribution is -2.28. The molecule has 0 saturated carbocycles. The van der Waals surface area contributed by atoms with Crippen LogP contribution in [0.3, 0.4) is 0 Å². The molecule has 3 rings (SSSR count).